The molecule has 1 aliphatic carbocycles. The Hall–Kier alpha value is -1.10. The van der Waals surface area contributed by atoms with Gasteiger partial charge in [0.15, 0.2) is 0 Å². The number of carboxylic acids is 1. The van der Waals surface area contributed by atoms with Crippen LogP contribution in [0.25, 0.3) is 0 Å². The Morgan fingerprint density at radius 3 is 2.24 bits per heavy atom. The molecule has 1 saturated heterocycles. The van der Waals surface area contributed by atoms with Crippen molar-refractivity contribution in [3.63, 3.8) is 0 Å². The summed E-state index contributed by atoms with van der Waals surface area (Å²) >= 11 is 0. The van der Waals surface area contributed by atoms with E-state index in [2.05, 4.69) is 11.8 Å². The number of carboxylic acid groups (broad SMARTS) is 1. The molecule has 0 aromatic carbocycles. The van der Waals surface area contributed by atoms with E-state index in [1.54, 1.807) is 0 Å². The van der Waals surface area contributed by atoms with Crippen LogP contribution in [0.2, 0.25) is 0 Å². The Morgan fingerprint density at radius 2 is 1.81 bits per heavy atom. The van der Waals surface area contributed by atoms with Gasteiger partial charge >= 0.3 is 5.97 Å². The minimum Gasteiger partial charge on any atom is -0.481 e. The van der Waals surface area contributed by atoms with E-state index in [0.717, 1.165) is 38.9 Å². The van der Waals surface area contributed by atoms with Gasteiger partial charge in [0.25, 0.3) is 0 Å². The summed E-state index contributed by atoms with van der Waals surface area (Å²) in [6.07, 6.45) is 3.15. The molecular weight excluding hydrogens is 268 g/mol. The van der Waals surface area contributed by atoms with Crippen LogP contribution < -0.4 is 0 Å². The lowest BCUT2D eigenvalue weighted by molar-refractivity contribution is -0.142. The zero-order valence-corrected chi connectivity index (χ0v) is 13.6. The van der Waals surface area contributed by atoms with Gasteiger partial charge in [-0.15, -0.1) is 0 Å². The number of rotatable bonds is 5. The fraction of sp³-hybridized carbons (Fsp3) is 0.875. The molecule has 0 spiro atoms. The maximum Gasteiger partial charge on any atom is 0.307 e. The van der Waals surface area contributed by atoms with Gasteiger partial charge in [0, 0.05) is 26.2 Å². The molecule has 1 saturated carbocycles. The van der Waals surface area contributed by atoms with E-state index in [4.69, 9.17) is 0 Å². The lowest BCUT2D eigenvalue weighted by atomic mass is 10.0. The van der Waals surface area contributed by atoms with Crippen LogP contribution in [-0.4, -0.2) is 59.5 Å². The van der Waals surface area contributed by atoms with Gasteiger partial charge in [-0.3, -0.25) is 9.59 Å². The number of aliphatic carboxylic acids is 1. The minimum atomic E-state index is -0.843. The van der Waals surface area contributed by atoms with Crippen molar-refractivity contribution >= 4 is 11.9 Å². The lowest BCUT2D eigenvalue weighted by Gasteiger charge is -2.37. The minimum absolute atomic E-state index is 0.0151. The molecule has 0 aromatic heterocycles. The molecule has 5 heteroatoms. The molecule has 1 N–H and O–H groups in total. The molecule has 0 aromatic rings. The van der Waals surface area contributed by atoms with E-state index in [1.807, 2.05) is 25.8 Å². The third-order valence-electron chi connectivity index (χ3n) is 5.35. The SMILES string of the molecule is CCCN1CCC(N(C)C(=O)C2C(C(=O)O)C2(C)C)CC1. The molecule has 1 amide bonds. The topological polar surface area (TPSA) is 60.9 Å². The van der Waals surface area contributed by atoms with E-state index in [9.17, 15) is 14.7 Å². The van der Waals surface area contributed by atoms with Gasteiger partial charge in [-0.25, -0.2) is 0 Å². The second kappa shape index (κ2) is 5.95. The van der Waals surface area contributed by atoms with Crippen LogP contribution in [0.1, 0.15) is 40.0 Å². The predicted octanol–water partition coefficient (Wildman–Crippen LogP) is 1.68. The summed E-state index contributed by atoms with van der Waals surface area (Å²) in [5.41, 5.74) is -0.403. The Morgan fingerprint density at radius 1 is 1.24 bits per heavy atom. The quantitative estimate of drug-likeness (QED) is 0.838. The summed E-state index contributed by atoms with van der Waals surface area (Å²) in [7, 11) is 1.84. The summed E-state index contributed by atoms with van der Waals surface area (Å²) in [5, 5.41) is 9.22. The zero-order chi connectivity index (χ0) is 15.8. The third-order valence-corrected chi connectivity index (χ3v) is 5.35. The van der Waals surface area contributed by atoms with E-state index in [1.165, 1.54) is 0 Å². The van der Waals surface area contributed by atoms with Crippen molar-refractivity contribution in [3.05, 3.63) is 0 Å². The van der Waals surface area contributed by atoms with Crippen molar-refractivity contribution in [2.45, 2.75) is 46.1 Å². The second-order valence-electron chi connectivity index (χ2n) is 7.14. The van der Waals surface area contributed by atoms with Crippen molar-refractivity contribution in [1.29, 1.82) is 0 Å². The number of nitrogens with zero attached hydrogens (tertiary/aromatic N) is 2. The van der Waals surface area contributed by atoms with Gasteiger partial charge in [-0.05, 0) is 31.2 Å². The number of hydrogen-bond donors (Lipinski definition) is 1. The number of carbonyl (C=O) groups excluding carboxylic acids is 1. The van der Waals surface area contributed by atoms with Gasteiger partial charge in [0.05, 0.1) is 11.8 Å². The molecule has 2 rings (SSSR count). The highest BCUT2D eigenvalue weighted by atomic mass is 16.4. The summed E-state index contributed by atoms with van der Waals surface area (Å²) < 4.78 is 0. The molecule has 2 unspecified atom stereocenters. The van der Waals surface area contributed by atoms with Crippen molar-refractivity contribution in [1.82, 2.24) is 9.80 Å². The fourth-order valence-electron chi connectivity index (χ4n) is 3.81. The summed E-state index contributed by atoms with van der Waals surface area (Å²) in [6.45, 7) is 9.14. The van der Waals surface area contributed by atoms with E-state index >= 15 is 0 Å². The van der Waals surface area contributed by atoms with E-state index in [0.29, 0.717) is 0 Å². The maximum absolute atomic E-state index is 12.6. The van der Waals surface area contributed by atoms with Gasteiger partial charge in [0.1, 0.15) is 0 Å². The summed E-state index contributed by atoms with van der Waals surface area (Å²) in [5.74, 6) is -1.70. The average Bonchev–Trinajstić information content (AvgIpc) is 3.01. The highest BCUT2D eigenvalue weighted by Crippen LogP contribution is 2.59. The molecule has 0 bridgehead atoms. The van der Waals surface area contributed by atoms with Gasteiger partial charge < -0.3 is 14.9 Å². The molecule has 5 nitrogen and oxygen atoms in total. The Labute approximate surface area is 127 Å². The molecule has 2 atom stereocenters. The van der Waals surface area contributed by atoms with Crippen molar-refractivity contribution in [3.8, 4) is 0 Å². The van der Waals surface area contributed by atoms with Crippen LogP contribution >= 0.6 is 0 Å². The van der Waals surface area contributed by atoms with E-state index < -0.39 is 17.3 Å². The first-order valence-corrected chi connectivity index (χ1v) is 8.02. The first kappa shape index (κ1) is 16.3. The number of piperidine rings is 1. The van der Waals surface area contributed by atoms with Crippen molar-refractivity contribution < 1.29 is 14.7 Å². The monoisotopic (exact) mass is 296 g/mol. The molecule has 2 aliphatic rings. The normalized spacial score (nSPS) is 29.1. The van der Waals surface area contributed by atoms with Crippen LogP contribution in [0.15, 0.2) is 0 Å². The molecule has 21 heavy (non-hydrogen) atoms. The number of likely N-dealkylation sites (tertiary alicyclic amines) is 1. The van der Waals surface area contributed by atoms with Gasteiger partial charge in [-0.1, -0.05) is 20.8 Å². The predicted molar refractivity (Wildman–Crippen MR) is 80.9 cm³/mol. The molecule has 120 valence electrons. The number of carbonyl (C=O) groups is 2. The molecule has 0 radical (unpaired) electrons. The van der Waals surface area contributed by atoms with Crippen LogP contribution in [0.5, 0.6) is 0 Å². The number of hydrogen-bond acceptors (Lipinski definition) is 3. The Kier molecular flexibility index (Phi) is 4.61. The summed E-state index contributed by atoms with van der Waals surface area (Å²) in [4.78, 5) is 28.1. The number of amides is 1. The van der Waals surface area contributed by atoms with Crippen LogP contribution in [0.3, 0.4) is 0 Å². The average molecular weight is 296 g/mol. The second-order valence-corrected chi connectivity index (χ2v) is 7.14. The molecule has 1 heterocycles. The largest absolute Gasteiger partial charge is 0.481 e. The fourth-order valence-corrected chi connectivity index (χ4v) is 3.81. The smallest absolute Gasteiger partial charge is 0.307 e. The highest BCUT2D eigenvalue weighted by Gasteiger charge is 2.66. The highest BCUT2D eigenvalue weighted by molar-refractivity contribution is 5.91. The molecule has 2 fully saturated rings. The first-order valence-electron chi connectivity index (χ1n) is 8.02. The molecule has 1 aliphatic heterocycles. The van der Waals surface area contributed by atoms with Crippen LogP contribution in [0, 0.1) is 17.3 Å². The van der Waals surface area contributed by atoms with Gasteiger partial charge in [0.2, 0.25) is 5.91 Å². The standard InChI is InChI=1S/C16H28N2O3/c1-5-8-18-9-6-11(7-10-18)17(4)14(19)12-13(15(20)21)16(12,2)3/h11-13H,5-10H2,1-4H3,(H,20,21). The van der Waals surface area contributed by atoms with Crippen LogP contribution in [0.4, 0.5) is 0 Å². The van der Waals surface area contributed by atoms with Crippen molar-refractivity contribution in [2.24, 2.45) is 17.3 Å². The van der Waals surface area contributed by atoms with E-state index in [-0.39, 0.29) is 17.9 Å². The third kappa shape index (κ3) is 3.07. The van der Waals surface area contributed by atoms with Gasteiger partial charge in [-0.2, -0.15) is 0 Å². The lowest BCUT2D eigenvalue weighted by Crippen LogP contribution is -2.46. The zero-order valence-electron chi connectivity index (χ0n) is 13.6. The first-order chi connectivity index (χ1) is 9.80. The molecular formula is C16H28N2O3. The van der Waals surface area contributed by atoms with Crippen LogP contribution in [-0.2, 0) is 9.59 Å². The Balaban J connectivity index is 1.91. The Bertz CT molecular complexity index is 414. The summed E-state index contributed by atoms with van der Waals surface area (Å²) in [6, 6.07) is 0.261. The van der Waals surface area contributed by atoms with Crippen molar-refractivity contribution in [2.75, 3.05) is 26.7 Å². The maximum atomic E-state index is 12.6.